The number of nitrogens with one attached hydrogen (secondary N) is 1. The van der Waals surface area contributed by atoms with Crippen molar-refractivity contribution in [3.63, 3.8) is 0 Å². The predicted octanol–water partition coefficient (Wildman–Crippen LogP) is 2.40. The molecule has 3 heteroatoms. The van der Waals surface area contributed by atoms with Crippen LogP contribution in [-0.4, -0.2) is 36.9 Å². The van der Waals surface area contributed by atoms with Crippen LogP contribution < -0.4 is 5.32 Å². The van der Waals surface area contributed by atoms with Crippen molar-refractivity contribution in [3.05, 3.63) is 29.8 Å². The van der Waals surface area contributed by atoms with E-state index in [9.17, 15) is 4.79 Å². The molecule has 0 unspecified atom stereocenters. The zero-order chi connectivity index (χ0) is 12.3. The van der Waals surface area contributed by atoms with E-state index >= 15 is 0 Å². The van der Waals surface area contributed by atoms with Crippen LogP contribution in [0.3, 0.4) is 0 Å². The van der Waals surface area contributed by atoms with E-state index in [0.29, 0.717) is 6.04 Å². The highest BCUT2D eigenvalue weighted by atomic mass is 16.1. The lowest BCUT2D eigenvalue weighted by Gasteiger charge is -2.30. The van der Waals surface area contributed by atoms with Crippen molar-refractivity contribution >= 4 is 11.5 Å². The molecule has 0 aliphatic carbocycles. The Kier molecular flexibility index (Phi) is 3.79. The van der Waals surface area contributed by atoms with E-state index in [1.807, 2.05) is 24.3 Å². The van der Waals surface area contributed by atoms with Gasteiger partial charge in [0, 0.05) is 17.3 Å². The number of anilines is 1. The van der Waals surface area contributed by atoms with Gasteiger partial charge in [0.05, 0.1) is 0 Å². The molecule has 1 aromatic carbocycles. The number of hydrogen-bond donors (Lipinski definition) is 1. The maximum Gasteiger partial charge on any atom is 0.159 e. The molecule has 1 aliphatic heterocycles. The number of hydrogen-bond acceptors (Lipinski definition) is 3. The smallest absolute Gasteiger partial charge is 0.159 e. The number of piperidine rings is 1. The zero-order valence-electron chi connectivity index (χ0n) is 10.6. The summed E-state index contributed by atoms with van der Waals surface area (Å²) >= 11 is 0. The minimum atomic E-state index is 0.121. The van der Waals surface area contributed by atoms with Crippen LogP contribution >= 0.6 is 0 Å². The topological polar surface area (TPSA) is 32.3 Å². The van der Waals surface area contributed by atoms with Crippen molar-refractivity contribution in [3.8, 4) is 0 Å². The van der Waals surface area contributed by atoms with Crippen LogP contribution in [0.15, 0.2) is 24.3 Å². The molecule has 0 atom stereocenters. The molecule has 2 rings (SSSR count). The predicted molar refractivity (Wildman–Crippen MR) is 70.6 cm³/mol. The van der Waals surface area contributed by atoms with E-state index in [1.165, 1.54) is 12.8 Å². The lowest BCUT2D eigenvalue weighted by atomic mass is 10.0. The third kappa shape index (κ3) is 3.30. The highest BCUT2D eigenvalue weighted by molar-refractivity contribution is 5.94. The molecule has 1 aliphatic rings. The molecule has 0 amide bonds. The van der Waals surface area contributed by atoms with E-state index in [4.69, 9.17) is 0 Å². The van der Waals surface area contributed by atoms with Gasteiger partial charge in [0.25, 0.3) is 0 Å². The van der Waals surface area contributed by atoms with Gasteiger partial charge < -0.3 is 10.2 Å². The molecule has 0 saturated carbocycles. The number of Topliss-reactive ketones (excluding diaryl/α,β-unsaturated/α-hetero) is 1. The van der Waals surface area contributed by atoms with E-state index < -0.39 is 0 Å². The van der Waals surface area contributed by atoms with Gasteiger partial charge in [-0.15, -0.1) is 0 Å². The summed E-state index contributed by atoms with van der Waals surface area (Å²) < 4.78 is 0. The molecule has 0 bridgehead atoms. The molecular formula is C14H20N2O. The Balaban J connectivity index is 1.92. The average molecular weight is 232 g/mol. The number of likely N-dealkylation sites (tertiary alicyclic amines) is 1. The Labute approximate surface area is 103 Å². The normalized spacial score (nSPS) is 18.0. The number of carbonyl (C=O) groups is 1. The van der Waals surface area contributed by atoms with Crippen molar-refractivity contribution in [2.75, 3.05) is 25.5 Å². The first-order chi connectivity index (χ1) is 8.15. The summed E-state index contributed by atoms with van der Waals surface area (Å²) in [6.07, 6.45) is 2.37. The first-order valence-corrected chi connectivity index (χ1v) is 6.21. The monoisotopic (exact) mass is 232 g/mol. The van der Waals surface area contributed by atoms with Crippen LogP contribution in [0.4, 0.5) is 5.69 Å². The van der Waals surface area contributed by atoms with Gasteiger partial charge in [-0.1, -0.05) is 0 Å². The van der Waals surface area contributed by atoms with Crippen LogP contribution in [0.2, 0.25) is 0 Å². The Morgan fingerprint density at radius 1 is 1.24 bits per heavy atom. The minimum absolute atomic E-state index is 0.121. The second-order valence-corrected chi connectivity index (χ2v) is 4.86. The van der Waals surface area contributed by atoms with Crippen molar-refractivity contribution in [2.24, 2.45) is 0 Å². The van der Waals surface area contributed by atoms with Crippen molar-refractivity contribution in [2.45, 2.75) is 25.8 Å². The minimum Gasteiger partial charge on any atom is -0.382 e. The van der Waals surface area contributed by atoms with Crippen molar-refractivity contribution < 1.29 is 4.79 Å². The molecule has 1 fully saturated rings. The summed E-state index contributed by atoms with van der Waals surface area (Å²) in [5, 5.41) is 3.53. The molecule has 3 nitrogen and oxygen atoms in total. The molecule has 92 valence electrons. The Bertz CT molecular complexity index is 378. The summed E-state index contributed by atoms with van der Waals surface area (Å²) in [5.41, 5.74) is 1.89. The number of ketones is 1. The fourth-order valence-corrected chi connectivity index (χ4v) is 2.19. The standard InChI is InChI=1S/C14H20N2O/c1-11(17)12-3-5-13(6-4-12)15-14-7-9-16(2)10-8-14/h3-6,14-15H,7-10H2,1-2H3. The first kappa shape index (κ1) is 12.1. The Morgan fingerprint density at radius 3 is 2.35 bits per heavy atom. The molecule has 1 aromatic rings. The van der Waals surface area contributed by atoms with Crippen molar-refractivity contribution in [1.82, 2.24) is 4.90 Å². The lowest BCUT2D eigenvalue weighted by Crippen LogP contribution is -2.36. The van der Waals surface area contributed by atoms with Crippen LogP contribution in [0, 0.1) is 0 Å². The number of carbonyl (C=O) groups excluding carboxylic acids is 1. The number of benzene rings is 1. The summed E-state index contributed by atoms with van der Waals surface area (Å²) in [5.74, 6) is 0.121. The summed E-state index contributed by atoms with van der Waals surface area (Å²) in [7, 11) is 2.16. The molecular weight excluding hydrogens is 212 g/mol. The second kappa shape index (κ2) is 5.32. The van der Waals surface area contributed by atoms with E-state index in [1.54, 1.807) is 6.92 Å². The van der Waals surface area contributed by atoms with Gasteiger partial charge in [-0.25, -0.2) is 0 Å². The largest absolute Gasteiger partial charge is 0.382 e. The Morgan fingerprint density at radius 2 is 1.82 bits per heavy atom. The van der Waals surface area contributed by atoms with Crippen LogP contribution in [0.25, 0.3) is 0 Å². The quantitative estimate of drug-likeness (QED) is 0.812. The third-order valence-corrected chi connectivity index (χ3v) is 3.38. The second-order valence-electron chi connectivity index (χ2n) is 4.86. The molecule has 0 radical (unpaired) electrons. The fourth-order valence-electron chi connectivity index (χ4n) is 2.19. The van der Waals surface area contributed by atoms with Crippen LogP contribution in [-0.2, 0) is 0 Å². The maximum absolute atomic E-state index is 11.2. The van der Waals surface area contributed by atoms with E-state index in [-0.39, 0.29) is 5.78 Å². The fraction of sp³-hybridized carbons (Fsp3) is 0.500. The molecule has 1 saturated heterocycles. The SMILES string of the molecule is CC(=O)c1ccc(NC2CCN(C)CC2)cc1. The van der Waals surface area contributed by atoms with Gasteiger partial charge >= 0.3 is 0 Å². The van der Waals surface area contributed by atoms with Gasteiger partial charge in [-0.3, -0.25) is 4.79 Å². The zero-order valence-corrected chi connectivity index (χ0v) is 10.6. The summed E-state index contributed by atoms with van der Waals surface area (Å²) in [6, 6.07) is 8.33. The number of rotatable bonds is 3. The molecule has 0 aromatic heterocycles. The molecule has 1 heterocycles. The van der Waals surface area contributed by atoms with Gasteiger partial charge in [0.2, 0.25) is 0 Å². The van der Waals surface area contributed by atoms with Crippen molar-refractivity contribution in [1.29, 1.82) is 0 Å². The average Bonchev–Trinajstić information content (AvgIpc) is 2.33. The first-order valence-electron chi connectivity index (χ1n) is 6.21. The molecule has 17 heavy (non-hydrogen) atoms. The van der Waals surface area contributed by atoms with Gasteiger partial charge in [-0.05, 0) is 64.2 Å². The van der Waals surface area contributed by atoms with Gasteiger partial charge in [-0.2, -0.15) is 0 Å². The molecule has 0 spiro atoms. The van der Waals surface area contributed by atoms with E-state index in [0.717, 1.165) is 24.3 Å². The van der Waals surface area contributed by atoms with Crippen LogP contribution in [0.5, 0.6) is 0 Å². The Hall–Kier alpha value is -1.35. The highest BCUT2D eigenvalue weighted by Crippen LogP contribution is 2.16. The summed E-state index contributed by atoms with van der Waals surface area (Å²) in [4.78, 5) is 13.5. The number of nitrogens with zero attached hydrogens (tertiary/aromatic N) is 1. The third-order valence-electron chi connectivity index (χ3n) is 3.38. The highest BCUT2D eigenvalue weighted by Gasteiger charge is 2.15. The van der Waals surface area contributed by atoms with Gasteiger partial charge in [0.1, 0.15) is 0 Å². The maximum atomic E-state index is 11.2. The summed E-state index contributed by atoms with van der Waals surface area (Å²) in [6.45, 7) is 3.91. The van der Waals surface area contributed by atoms with E-state index in [2.05, 4.69) is 17.3 Å². The van der Waals surface area contributed by atoms with Crippen LogP contribution in [0.1, 0.15) is 30.1 Å². The molecule has 1 N–H and O–H groups in total. The van der Waals surface area contributed by atoms with Gasteiger partial charge in [0.15, 0.2) is 5.78 Å². The lowest BCUT2D eigenvalue weighted by molar-refractivity contribution is 0.101.